The molecule has 1 aliphatic carbocycles. The van der Waals surface area contributed by atoms with E-state index in [1.54, 1.807) is 17.1 Å². The van der Waals surface area contributed by atoms with E-state index < -0.39 is 0 Å². The monoisotopic (exact) mass is 372 g/mol. The number of amides is 1. The van der Waals surface area contributed by atoms with E-state index in [-0.39, 0.29) is 36.3 Å². The molecule has 0 aromatic carbocycles. The number of carbonyl (C=O) groups is 1. The van der Waals surface area contributed by atoms with Crippen LogP contribution in [0.1, 0.15) is 41.9 Å². The van der Waals surface area contributed by atoms with Crippen LogP contribution in [-0.4, -0.2) is 38.0 Å². The summed E-state index contributed by atoms with van der Waals surface area (Å²) in [4.78, 5) is 16.6. The number of hydrogen-bond acceptors (Lipinski definition) is 5. The van der Waals surface area contributed by atoms with Gasteiger partial charge in [0.05, 0.1) is 24.0 Å². The molecule has 0 spiro atoms. The Morgan fingerprint density at radius 3 is 2.67 bits per heavy atom. The average molecular weight is 373 g/mol. The second kappa shape index (κ2) is 8.96. The van der Waals surface area contributed by atoms with Gasteiger partial charge in [0.2, 0.25) is 0 Å². The van der Waals surface area contributed by atoms with Gasteiger partial charge >= 0.3 is 0 Å². The lowest BCUT2D eigenvalue weighted by Gasteiger charge is -2.28. The molecule has 24 heavy (non-hydrogen) atoms. The van der Waals surface area contributed by atoms with Crippen LogP contribution in [0, 0.1) is 0 Å². The molecule has 1 fully saturated rings. The third kappa shape index (κ3) is 4.66. The first-order valence-corrected chi connectivity index (χ1v) is 7.53. The van der Waals surface area contributed by atoms with Gasteiger partial charge in [-0.25, -0.2) is 4.68 Å². The lowest BCUT2D eigenvalue weighted by Crippen LogP contribution is -2.51. The molecule has 3 rings (SSSR count). The van der Waals surface area contributed by atoms with E-state index >= 15 is 0 Å². The maximum atomic E-state index is 12.3. The maximum Gasteiger partial charge on any atom is 0.273 e. The van der Waals surface area contributed by atoms with E-state index in [1.165, 1.54) is 0 Å². The molecular formula is C15H22Cl2N6O. The molecule has 7 nitrogen and oxygen atoms in total. The molecule has 0 radical (unpaired) electrons. The molecular weight excluding hydrogens is 351 g/mol. The van der Waals surface area contributed by atoms with Gasteiger partial charge in [-0.05, 0) is 25.0 Å². The Balaban J connectivity index is 0.00000144. The summed E-state index contributed by atoms with van der Waals surface area (Å²) >= 11 is 0. The molecule has 0 aliphatic heterocycles. The van der Waals surface area contributed by atoms with E-state index in [4.69, 9.17) is 5.73 Å². The number of rotatable bonds is 5. The number of nitrogens with two attached hydrogens (primary N) is 1. The fraction of sp³-hybridized carbons (Fsp3) is 0.467. The van der Waals surface area contributed by atoms with Crippen molar-refractivity contribution >= 4 is 30.7 Å². The summed E-state index contributed by atoms with van der Waals surface area (Å²) in [5, 5.41) is 11.0. The lowest BCUT2D eigenvalue weighted by atomic mass is 9.98. The van der Waals surface area contributed by atoms with Crippen molar-refractivity contribution in [2.24, 2.45) is 5.73 Å². The number of nitrogens with zero attached hydrogens (tertiary/aromatic N) is 4. The van der Waals surface area contributed by atoms with Crippen molar-refractivity contribution < 1.29 is 4.79 Å². The molecule has 0 unspecified atom stereocenters. The van der Waals surface area contributed by atoms with Crippen molar-refractivity contribution in [3.8, 4) is 0 Å². The zero-order valence-electron chi connectivity index (χ0n) is 13.2. The fourth-order valence-corrected chi connectivity index (χ4v) is 2.87. The molecule has 3 N–H and O–H groups in total. The molecule has 2 heterocycles. The minimum Gasteiger partial charge on any atom is -0.344 e. The highest BCUT2D eigenvalue weighted by Crippen LogP contribution is 2.28. The molecule has 0 saturated heterocycles. The second-order valence-corrected chi connectivity index (χ2v) is 5.77. The minimum atomic E-state index is -0.276. The summed E-state index contributed by atoms with van der Waals surface area (Å²) in [6.07, 6.45) is 7.43. The van der Waals surface area contributed by atoms with Gasteiger partial charge in [-0.1, -0.05) is 24.1 Å². The van der Waals surface area contributed by atoms with Gasteiger partial charge in [-0.15, -0.1) is 29.9 Å². The van der Waals surface area contributed by atoms with Gasteiger partial charge in [0.15, 0.2) is 5.69 Å². The van der Waals surface area contributed by atoms with Crippen LogP contribution < -0.4 is 11.1 Å². The van der Waals surface area contributed by atoms with Crippen molar-refractivity contribution in [1.82, 2.24) is 25.3 Å². The molecule has 0 atom stereocenters. The summed E-state index contributed by atoms with van der Waals surface area (Å²) in [6.45, 7) is 0.948. The van der Waals surface area contributed by atoms with Crippen LogP contribution in [-0.2, 0) is 6.54 Å². The van der Waals surface area contributed by atoms with Gasteiger partial charge in [0, 0.05) is 12.7 Å². The highest BCUT2D eigenvalue weighted by atomic mass is 35.5. The van der Waals surface area contributed by atoms with Crippen molar-refractivity contribution in [3.05, 3.63) is 42.0 Å². The van der Waals surface area contributed by atoms with E-state index in [0.717, 1.165) is 31.4 Å². The predicted octanol–water partition coefficient (Wildman–Crippen LogP) is 1.57. The van der Waals surface area contributed by atoms with Crippen molar-refractivity contribution in [2.75, 3.05) is 6.54 Å². The van der Waals surface area contributed by atoms with Gasteiger partial charge < -0.3 is 11.1 Å². The lowest BCUT2D eigenvalue weighted by molar-refractivity contribution is 0.0898. The molecule has 0 bridgehead atoms. The first-order valence-electron chi connectivity index (χ1n) is 7.53. The normalized spacial score (nSPS) is 15.2. The molecule has 2 aromatic heterocycles. The molecule has 1 amide bonds. The molecule has 2 aromatic rings. The number of halogens is 2. The maximum absolute atomic E-state index is 12.3. The van der Waals surface area contributed by atoms with Gasteiger partial charge in [-0.2, -0.15) is 0 Å². The molecule has 132 valence electrons. The smallest absolute Gasteiger partial charge is 0.273 e. The third-order valence-corrected chi connectivity index (χ3v) is 4.15. The summed E-state index contributed by atoms with van der Waals surface area (Å²) in [5.74, 6) is -0.209. The highest BCUT2D eigenvalue weighted by Gasteiger charge is 2.34. The number of hydrogen-bond donors (Lipinski definition) is 2. The Morgan fingerprint density at radius 2 is 2.04 bits per heavy atom. The third-order valence-electron chi connectivity index (χ3n) is 4.15. The van der Waals surface area contributed by atoms with Crippen LogP contribution in [0.15, 0.2) is 30.6 Å². The number of nitrogens with one attached hydrogen (secondary N) is 1. The summed E-state index contributed by atoms with van der Waals surface area (Å²) < 4.78 is 1.61. The SMILES string of the molecule is Cl.Cl.NCC1(NC(=O)c2cn(Cc3ccccn3)nn2)CCCC1. The van der Waals surface area contributed by atoms with Crippen LogP contribution >= 0.6 is 24.8 Å². The largest absolute Gasteiger partial charge is 0.344 e. The first kappa shape index (κ1) is 20.3. The Bertz CT molecular complexity index is 642. The van der Waals surface area contributed by atoms with E-state index in [9.17, 15) is 4.79 Å². The Morgan fingerprint density at radius 1 is 1.29 bits per heavy atom. The Labute approximate surface area is 153 Å². The zero-order chi connectivity index (χ0) is 15.4. The zero-order valence-corrected chi connectivity index (χ0v) is 14.9. The Kier molecular flexibility index (Phi) is 7.59. The van der Waals surface area contributed by atoms with Crippen molar-refractivity contribution in [1.29, 1.82) is 0 Å². The van der Waals surface area contributed by atoms with Crippen LogP contribution in [0.3, 0.4) is 0 Å². The standard InChI is InChI=1S/C15H20N6O.2ClH/c16-11-15(6-2-3-7-15)18-14(22)13-10-21(20-19-13)9-12-5-1-4-8-17-12;;/h1,4-5,8,10H,2-3,6-7,9,11,16H2,(H,18,22);2*1H. The van der Waals surface area contributed by atoms with Crippen LogP contribution in [0.2, 0.25) is 0 Å². The predicted molar refractivity (Wildman–Crippen MR) is 95.6 cm³/mol. The highest BCUT2D eigenvalue weighted by molar-refractivity contribution is 5.92. The van der Waals surface area contributed by atoms with E-state index in [1.807, 2.05) is 18.2 Å². The topological polar surface area (TPSA) is 98.7 Å². The van der Waals surface area contributed by atoms with Crippen molar-refractivity contribution in [3.63, 3.8) is 0 Å². The van der Waals surface area contributed by atoms with Crippen LogP contribution in [0.25, 0.3) is 0 Å². The van der Waals surface area contributed by atoms with Gasteiger partial charge in [0.1, 0.15) is 0 Å². The summed E-state index contributed by atoms with van der Waals surface area (Å²) in [7, 11) is 0. The quantitative estimate of drug-likeness (QED) is 0.829. The van der Waals surface area contributed by atoms with Crippen LogP contribution in [0.5, 0.6) is 0 Å². The number of pyridine rings is 1. The summed E-state index contributed by atoms with van der Waals surface area (Å²) in [5.41, 5.74) is 6.75. The molecule has 9 heteroatoms. The van der Waals surface area contributed by atoms with Gasteiger partial charge in [0.25, 0.3) is 5.91 Å². The number of carbonyl (C=O) groups excluding carboxylic acids is 1. The molecule has 1 aliphatic rings. The van der Waals surface area contributed by atoms with Crippen LogP contribution in [0.4, 0.5) is 0 Å². The first-order chi connectivity index (χ1) is 10.7. The second-order valence-electron chi connectivity index (χ2n) is 5.77. The van der Waals surface area contributed by atoms with Gasteiger partial charge in [-0.3, -0.25) is 9.78 Å². The van der Waals surface area contributed by atoms with E-state index in [0.29, 0.717) is 18.8 Å². The van der Waals surface area contributed by atoms with Crippen molar-refractivity contribution in [2.45, 2.75) is 37.8 Å². The van der Waals surface area contributed by atoms with E-state index in [2.05, 4.69) is 20.6 Å². The fourth-order valence-electron chi connectivity index (χ4n) is 2.87. The summed E-state index contributed by atoms with van der Waals surface area (Å²) in [6, 6.07) is 5.68. The number of aromatic nitrogens is 4. The minimum absolute atomic E-state index is 0. The Hall–Kier alpha value is -1.70. The average Bonchev–Trinajstić information content (AvgIpc) is 3.18. The molecule has 1 saturated carbocycles.